The summed E-state index contributed by atoms with van der Waals surface area (Å²) in [6.07, 6.45) is 3.22. The van der Waals surface area contributed by atoms with E-state index in [-0.39, 0.29) is 11.9 Å². The van der Waals surface area contributed by atoms with E-state index >= 15 is 0 Å². The zero-order valence-electron chi connectivity index (χ0n) is 16.1. The van der Waals surface area contributed by atoms with Crippen LogP contribution in [0.3, 0.4) is 0 Å². The van der Waals surface area contributed by atoms with Crippen LogP contribution in [0.2, 0.25) is 0 Å². The van der Waals surface area contributed by atoms with Crippen molar-refractivity contribution in [3.05, 3.63) is 59.9 Å². The first-order valence-corrected chi connectivity index (χ1v) is 9.06. The Kier molecular flexibility index (Phi) is 5.17. The van der Waals surface area contributed by atoms with Gasteiger partial charge in [0.15, 0.2) is 0 Å². The van der Waals surface area contributed by atoms with Gasteiger partial charge in [-0.3, -0.25) is 9.78 Å². The molecule has 142 valence electrons. The summed E-state index contributed by atoms with van der Waals surface area (Å²) in [6, 6.07) is 10.8. The lowest BCUT2D eigenvalue weighted by Gasteiger charge is -2.38. The molecule has 0 spiro atoms. The molecule has 1 N–H and O–H groups in total. The van der Waals surface area contributed by atoms with E-state index in [1.54, 1.807) is 38.1 Å². The molecule has 1 aromatic heterocycles. The molecule has 6 heteroatoms. The number of nitrogens with one attached hydrogen (secondary N) is 1. The van der Waals surface area contributed by atoms with Crippen LogP contribution in [0.15, 0.2) is 48.8 Å². The maximum absolute atomic E-state index is 13.2. The van der Waals surface area contributed by atoms with Crippen LogP contribution < -0.4 is 10.2 Å². The van der Waals surface area contributed by atoms with Crippen LogP contribution in [0.5, 0.6) is 0 Å². The van der Waals surface area contributed by atoms with E-state index in [4.69, 9.17) is 4.74 Å². The van der Waals surface area contributed by atoms with Crippen molar-refractivity contribution in [3.8, 4) is 0 Å². The maximum atomic E-state index is 13.2. The van der Waals surface area contributed by atoms with Crippen molar-refractivity contribution in [2.24, 2.45) is 0 Å². The Bertz CT molecular complexity index is 830. The molecule has 2 heterocycles. The lowest BCUT2D eigenvalue weighted by molar-refractivity contribution is -0.121. The number of carbonyl (C=O) groups excluding carboxylic acids is 2. The van der Waals surface area contributed by atoms with E-state index < -0.39 is 17.7 Å². The molecule has 0 fully saturated rings. The number of alkyl carbamates (subject to hydrolysis) is 1. The molecule has 0 saturated carbocycles. The van der Waals surface area contributed by atoms with Gasteiger partial charge in [0.05, 0.1) is 17.9 Å². The normalized spacial score (nSPS) is 17.9. The van der Waals surface area contributed by atoms with Gasteiger partial charge in [-0.15, -0.1) is 0 Å². The van der Waals surface area contributed by atoms with E-state index in [0.717, 1.165) is 16.8 Å². The third-order valence-corrected chi connectivity index (χ3v) is 4.47. The Morgan fingerprint density at radius 2 is 1.96 bits per heavy atom. The van der Waals surface area contributed by atoms with Crippen molar-refractivity contribution >= 4 is 17.7 Å². The smallest absolute Gasteiger partial charge is 0.408 e. The third-order valence-electron chi connectivity index (χ3n) is 4.47. The van der Waals surface area contributed by atoms with E-state index in [1.165, 1.54) is 0 Å². The van der Waals surface area contributed by atoms with Gasteiger partial charge >= 0.3 is 6.09 Å². The van der Waals surface area contributed by atoms with Crippen molar-refractivity contribution < 1.29 is 14.3 Å². The molecule has 27 heavy (non-hydrogen) atoms. The van der Waals surface area contributed by atoms with E-state index in [1.807, 2.05) is 43.3 Å². The summed E-state index contributed by atoms with van der Waals surface area (Å²) in [6.45, 7) is 7.35. The number of nitrogens with zero attached hydrogens (tertiary/aromatic N) is 2. The maximum Gasteiger partial charge on any atom is 0.408 e. The number of pyridine rings is 1. The summed E-state index contributed by atoms with van der Waals surface area (Å²) in [7, 11) is 0. The number of aromatic nitrogens is 1. The predicted molar refractivity (Wildman–Crippen MR) is 103 cm³/mol. The molecule has 0 bridgehead atoms. The number of ether oxygens (including phenoxy) is 1. The highest BCUT2D eigenvalue weighted by Gasteiger charge is 2.37. The van der Waals surface area contributed by atoms with Crippen LogP contribution in [0.4, 0.5) is 10.5 Å². The number of hydrogen-bond acceptors (Lipinski definition) is 4. The average Bonchev–Trinajstić information content (AvgIpc) is 2.61. The average molecular weight is 367 g/mol. The Morgan fingerprint density at radius 3 is 2.63 bits per heavy atom. The van der Waals surface area contributed by atoms with Crippen LogP contribution >= 0.6 is 0 Å². The molecule has 0 radical (unpaired) electrons. The highest BCUT2D eigenvalue weighted by molar-refractivity contribution is 6.02. The highest BCUT2D eigenvalue weighted by Crippen LogP contribution is 2.34. The van der Waals surface area contributed by atoms with Gasteiger partial charge in [0.25, 0.3) is 5.91 Å². The van der Waals surface area contributed by atoms with Gasteiger partial charge in [0.2, 0.25) is 0 Å². The van der Waals surface area contributed by atoms with Gasteiger partial charge in [-0.25, -0.2) is 4.79 Å². The second-order valence-corrected chi connectivity index (χ2v) is 7.70. The summed E-state index contributed by atoms with van der Waals surface area (Å²) < 4.78 is 5.32. The van der Waals surface area contributed by atoms with Crippen LogP contribution in [0.1, 0.15) is 44.9 Å². The van der Waals surface area contributed by atoms with Gasteiger partial charge in [0.1, 0.15) is 11.6 Å². The standard InChI is InChI=1S/C21H25N3O3/c1-14(15-8-6-5-7-9-15)24-18-13-22-11-10-16(18)12-17(19(24)25)23-20(26)27-21(2,3)4/h5-11,13-14,17H,12H2,1-4H3,(H,23,26)/t14?,17-/m1/s1. The van der Waals surface area contributed by atoms with Crippen LogP contribution in [0, 0.1) is 0 Å². The van der Waals surface area contributed by atoms with Crippen LogP contribution in [-0.4, -0.2) is 28.6 Å². The largest absolute Gasteiger partial charge is 0.444 e. The zero-order valence-corrected chi connectivity index (χ0v) is 16.1. The first kappa shape index (κ1) is 18.9. The number of rotatable bonds is 3. The fourth-order valence-electron chi connectivity index (χ4n) is 3.24. The fraction of sp³-hybridized carbons (Fsp3) is 0.381. The number of benzene rings is 1. The fourth-order valence-corrected chi connectivity index (χ4v) is 3.24. The van der Waals surface area contributed by atoms with Gasteiger partial charge in [0, 0.05) is 12.6 Å². The molecule has 0 saturated heterocycles. The number of hydrogen-bond donors (Lipinski definition) is 1. The van der Waals surface area contributed by atoms with Gasteiger partial charge in [-0.2, -0.15) is 0 Å². The van der Waals surface area contributed by atoms with E-state index in [0.29, 0.717) is 6.42 Å². The monoisotopic (exact) mass is 367 g/mol. The molecular formula is C21H25N3O3. The van der Waals surface area contributed by atoms with Crippen molar-refractivity contribution in [1.82, 2.24) is 10.3 Å². The Hall–Kier alpha value is -2.89. The van der Waals surface area contributed by atoms with E-state index in [9.17, 15) is 9.59 Å². The Morgan fingerprint density at radius 1 is 1.26 bits per heavy atom. The van der Waals surface area contributed by atoms with Gasteiger partial charge in [-0.1, -0.05) is 30.3 Å². The number of fused-ring (bicyclic) bond motifs is 1. The molecule has 1 aromatic carbocycles. The topological polar surface area (TPSA) is 71.5 Å². The molecule has 1 unspecified atom stereocenters. The van der Waals surface area contributed by atoms with Crippen molar-refractivity contribution in [2.75, 3.05) is 4.90 Å². The summed E-state index contributed by atoms with van der Waals surface area (Å²) in [5.74, 6) is -0.169. The first-order chi connectivity index (χ1) is 12.8. The lowest BCUT2D eigenvalue weighted by atomic mass is 9.95. The SMILES string of the molecule is CC(c1ccccc1)N1C(=O)[C@H](NC(=O)OC(C)(C)C)Cc2ccncc21. The molecule has 2 amide bonds. The number of carbonyl (C=O) groups is 2. The van der Waals surface area contributed by atoms with Crippen molar-refractivity contribution in [3.63, 3.8) is 0 Å². The van der Waals surface area contributed by atoms with E-state index in [2.05, 4.69) is 10.3 Å². The predicted octanol–water partition coefficient (Wildman–Crippen LogP) is 3.63. The second-order valence-electron chi connectivity index (χ2n) is 7.70. The quantitative estimate of drug-likeness (QED) is 0.899. The molecule has 1 aliphatic rings. The highest BCUT2D eigenvalue weighted by atomic mass is 16.6. The zero-order chi connectivity index (χ0) is 19.6. The third kappa shape index (κ3) is 4.27. The van der Waals surface area contributed by atoms with Crippen LogP contribution in [-0.2, 0) is 16.0 Å². The summed E-state index contributed by atoms with van der Waals surface area (Å²) in [4.78, 5) is 31.3. The molecule has 3 rings (SSSR count). The van der Waals surface area contributed by atoms with Crippen molar-refractivity contribution in [2.45, 2.75) is 51.8 Å². The Balaban J connectivity index is 1.90. The number of amides is 2. The molecule has 1 aliphatic heterocycles. The minimum Gasteiger partial charge on any atom is -0.444 e. The Labute approximate surface area is 159 Å². The van der Waals surface area contributed by atoms with Gasteiger partial charge < -0.3 is 15.0 Å². The summed E-state index contributed by atoms with van der Waals surface area (Å²) >= 11 is 0. The minimum atomic E-state index is -0.680. The second kappa shape index (κ2) is 7.39. The minimum absolute atomic E-state index is 0.169. The molecule has 2 atom stereocenters. The van der Waals surface area contributed by atoms with Crippen LogP contribution in [0.25, 0.3) is 0 Å². The lowest BCUT2D eigenvalue weighted by Crippen LogP contribution is -2.54. The first-order valence-electron chi connectivity index (χ1n) is 9.06. The molecular weight excluding hydrogens is 342 g/mol. The summed E-state index contributed by atoms with van der Waals surface area (Å²) in [5, 5.41) is 2.73. The van der Waals surface area contributed by atoms with Gasteiger partial charge in [-0.05, 0) is 44.9 Å². The number of anilines is 1. The molecule has 6 nitrogen and oxygen atoms in total. The summed E-state index contributed by atoms with van der Waals surface area (Å²) in [5.41, 5.74) is 2.13. The van der Waals surface area contributed by atoms with Crippen molar-refractivity contribution in [1.29, 1.82) is 0 Å². The molecule has 2 aromatic rings. The molecule has 0 aliphatic carbocycles.